The van der Waals surface area contributed by atoms with E-state index in [1.165, 1.54) is 22.1 Å². The Labute approximate surface area is 187 Å². The third-order valence-electron chi connectivity index (χ3n) is 6.20. The summed E-state index contributed by atoms with van der Waals surface area (Å²) in [5.41, 5.74) is 5.98. The first-order valence-electron chi connectivity index (χ1n) is 10.4. The minimum Gasteiger partial charge on any atom is -0.338 e. The molecule has 2 aliphatic heterocycles. The van der Waals surface area contributed by atoms with Gasteiger partial charge in [0.15, 0.2) is 5.17 Å². The fraction of sp³-hybridized carbons (Fsp3) is 0.333. The number of amidine groups is 1. The van der Waals surface area contributed by atoms with Crippen molar-refractivity contribution in [2.24, 2.45) is 4.99 Å². The number of aromatic nitrogens is 2. The minimum atomic E-state index is 0.0159. The highest BCUT2D eigenvalue weighted by Gasteiger charge is 2.46. The molecule has 30 heavy (non-hydrogen) atoms. The van der Waals surface area contributed by atoms with Crippen LogP contribution in [-0.2, 0) is 0 Å². The minimum absolute atomic E-state index is 0.0159. The van der Waals surface area contributed by atoms with Crippen LogP contribution < -0.4 is 0 Å². The Hall–Kier alpha value is -2.24. The van der Waals surface area contributed by atoms with Crippen LogP contribution in [-0.4, -0.2) is 31.4 Å². The largest absolute Gasteiger partial charge is 0.338 e. The molecule has 1 saturated heterocycles. The Morgan fingerprint density at radius 3 is 2.63 bits per heavy atom. The van der Waals surface area contributed by atoms with Crippen LogP contribution in [0.25, 0.3) is 5.69 Å². The monoisotopic (exact) mass is 436 g/mol. The second-order valence-corrected chi connectivity index (χ2v) is 9.40. The first kappa shape index (κ1) is 19.7. The standard InChI is InChI=1S/C24H25ClN4S/c1-4-18-14-30-24-27-22(21-7-5-6-12-26-21)23(29(18)24)20-13-15(2)28(16(20)3)19-10-8-17(25)9-11-19/h5-13,18,22-23H,4,14H2,1-3H3/t18-,22-,23-/m1/s1. The summed E-state index contributed by atoms with van der Waals surface area (Å²) in [6.07, 6.45) is 2.99. The van der Waals surface area contributed by atoms with E-state index in [0.717, 1.165) is 28.6 Å². The van der Waals surface area contributed by atoms with Gasteiger partial charge in [0.25, 0.3) is 0 Å². The van der Waals surface area contributed by atoms with Gasteiger partial charge in [0.05, 0.1) is 11.7 Å². The molecule has 4 heterocycles. The summed E-state index contributed by atoms with van der Waals surface area (Å²) in [6, 6.07) is 17.2. The van der Waals surface area contributed by atoms with Crippen LogP contribution in [0, 0.1) is 13.8 Å². The molecule has 3 atom stereocenters. The van der Waals surface area contributed by atoms with Crippen molar-refractivity contribution in [3.05, 3.63) is 82.4 Å². The zero-order valence-corrected chi connectivity index (χ0v) is 19.0. The van der Waals surface area contributed by atoms with Gasteiger partial charge in [-0.3, -0.25) is 9.98 Å². The number of aryl methyl sites for hydroxylation is 1. The molecular formula is C24H25ClN4S. The predicted octanol–water partition coefficient (Wildman–Crippen LogP) is 6.12. The number of pyridine rings is 1. The average molecular weight is 437 g/mol. The third kappa shape index (κ3) is 3.15. The molecule has 4 nitrogen and oxygen atoms in total. The van der Waals surface area contributed by atoms with Crippen LogP contribution in [0.3, 0.4) is 0 Å². The van der Waals surface area contributed by atoms with Crippen LogP contribution in [0.15, 0.2) is 59.7 Å². The van der Waals surface area contributed by atoms with E-state index in [1.54, 1.807) is 0 Å². The highest BCUT2D eigenvalue weighted by molar-refractivity contribution is 8.14. The topological polar surface area (TPSA) is 33.4 Å². The van der Waals surface area contributed by atoms with E-state index >= 15 is 0 Å². The van der Waals surface area contributed by atoms with Crippen molar-refractivity contribution < 1.29 is 0 Å². The molecule has 1 aromatic carbocycles. The molecule has 0 amide bonds. The van der Waals surface area contributed by atoms with E-state index in [4.69, 9.17) is 16.6 Å². The van der Waals surface area contributed by atoms with E-state index in [-0.39, 0.29) is 12.1 Å². The summed E-state index contributed by atoms with van der Waals surface area (Å²) in [4.78, 5) is 12.4. The van der Waals surface area contributed by atoms with Crippen LogP contribution >= 0.6 is 23.4 Å². The van der Waals surface area contributed by atoms with Crippen molar-refractivity contribution in [3.63, 3.8) is 0 Å². The Morgan fingerprint density at radius 1 is 1.13 bits per heavy atom. The van der Waals surface area contributed by atoms with E-state index in [2.05, 4.69) is 65.6 Å². The Balaban J connectivity index is 1.63. The fourth-order valence-electron chi connectivity index (χ4n) is 4.76. The van der Waals surface area contributed by atoms with Gasteiger partial charge in [-0.2, -0.15) is 0 Å². The summed E-state index contributed by atoms with van der Waals surface area (Å²) < 4.78 is 2.32. The lowest BCUT2D eigenvalue weighted by molar-refractivity contribution is 0.254. The number of nitrogens with zero attached hydrogens (tertiary/aromatic N) is 4. The number of rotatable bonds is 4. The number of thioether (sulfide) groups is 1. The quantitative estimate of drug-likeness (QED) is 0.493. The van der Waals surface area contributed by atoms with Crippen molar-refractivity contribution in [1.29, 1.82) is 0 Å². The SMILES string of the molecule is CC[C@@H]1CSC2=N[C@H](c3ccccn3)[C@@H](c3cc(C)n(-c4ccc(Cl)cc4)c3C)N21. The van der Waals surface area contributed by atoms with Crippen molar-refractivity contribution in [2.75, 3.05) is 5.75 Å². The number of fused-ring (bicyclic) bond motifs is 1. The lowest BCUT2D eigenvalue weighted by Gasteiger charge is -2.32. The fourth-order valence-corrected chi connectivity index (χ4v) is 6.22. The number of hydrogen-bond donors (Lipinski definition) is 0. The number of benzene rings is 1. The number of halogens is 1. The van der Waals surface area contributed by atoms with Gasteiger partial charge >= 0.3 is 0 Å². The molecule has 0 aliphatic carbocycles. The van der Waals surface area contributed by atoms with Crippen LogP contribution in [0.5, 0.6) is 0 Å². The van der Waals surface area contributed by atoms with Crippen LogP contribution in [0.1, 0.15) is 48.1 Å². The second-order valence-electron chi connectivity index (χ2n) is 7.97. The van der Waals surface area contributed by atoms with E-state index in [1.807, 2.05) is 36.2 Å². The zero-order valence-electron chi connectivity index (χ0n) is 17.4. The molecule has 2 aliphatic rings. The van der Waals surface area contributed by atoms with Crippen molar-refractivity contribution >= 4 is 28.5 Å². The molecular weight excluding hydrogens is 412 g/mol. The molecule has 0 saturated carbocycles. The first-order chi connectivity index (χ1) is 14.6. The van der Waals surface area contributed by atoms with Gasteiger partial charge in [-0.1, -0.05) is 36.4 Å². The predicted molar refractivity (Wildman–Crippen MR) is 126 cm³/mol. The lowest BCUT2D eigenvalue weighted by atomic mass is 9.95. The number of aliphatic imine (C=N–C) groups is 1. The second kappa shape index (κ2) is 7.78. The van der Waals surface area contributed by atoms with Gasteiger partial charge in [0.2, 0.25) is 0 Å². The molecule has 2 aromatic heterocycles. The highest BCUT2D eigenvalue weighted by atomic mass is 35.5. The van der Waals surface area contributed by atoms with Gasteiger partial charge in [0, 0.05) is 40.1 Å². The molecule has 0 N–H and O–H groups in total. The molecule has 6 heteroatoms. The van der Waals surface area contributed by atoms with Gasteiger partial charge in [-0.05, 0) is 68.3 Å². The van der Waals surface area contributed by atoms with Crippen molar-refractivity contribution in [3.8, 4) is 5.69 Å². The van der Waals surface area contributed by atoms with E-state index in [9.17, 15) is 0 Å². The molecule has 0 bridgehead atoms. The lowest BCUT2D eigenvalue weighted by Crippen LogP contribution is -2.35. The normalized spacial score (nSPS) is 23.0. The van der Waals surface area contributed by atoms with Gasteiger partial charge in [-0.25, -0.2) is 0 Å². The van der Waals surface area contributed by atoms with Crippen molar-refractivity contribution in [2.45, 2.75) is 45.3 Å². The molecule has 0 spiro atoms. The maximum absolute atomic E-state index is 6.13. The molecule has 1 fully saturated rings. The third-order valence-corrected chi connectivity index (χ3v) is 7.58. The Kier molecular flexibility index (Phi) is 5.11. The maximum Gasteiger partial charge on any atom is 0.160 e. The molecule has 0 unspecified atom stereocenters. The van der Waals surface area contributed by atoms with Crippen molar-refractivity contribution in [1.82, 2.24) is 14.5 Å². The summed E-state index contributed by atoms with van der Waals surface area (Å²) in [5.74, 6) is 1.11. The Bertz CT molecular complexity index is 1090. The van der Waals surface area contributed by atoms with E-state index in [0.29, 0.717) is 6.04 Å². The first-order valence-corrected chi connectivity index (χ1v) is 11.8. The molecule has 5 rings (SSSR count). The average Bonchev–Trinajstić information content (AvgIpc) is 3.41. The summed E-state index contributed by atoms with van der Waals surface area (Å²) >= 11 is 8.01. The maximum atomic E-state index is 6.13. The van der Waals surface area contributed by atoms with Crippen LogP contribution in [0.2, 0.25) is 5.02 Å². The summed E-state index contributed by atoms with van der Waals surface area (Å²) in [7, 11) is 0. The summed E-state index contributed by atoms with van der Waals surface area (Å²) in [5, 5.41) is 1.92. The van der Waals surface area contributed by atoms with Gasteiger partial charge < -0.3 is 9.47 Å². The number of hydrogen-bond acceptors (Lipinski definition) is 4. The van der Waals surface area contributed by atoms with Crippen LogP contribution in [0.4, 0.5) is 0 Å². The Morgan fingerprint density at radius 2 is 1.93 bits per heavy atom. The van der Waals surface area contributed by atoms with Gasteiger partial charge in [-0.15, -0.1) is 0 Å². The van der Waals surface area contributed by atoms with E-state index < -0.39 is 0 Å². The highest BCUT2D eigenvalue weighted by Crippen LogP contribution is 2.49. The molecule has 3 aromatic rings. The molecule has 154 valence electrons. The zero-order chi connectivity index (χ0) is 20.8. The van der Waals surface area contributed by atoms with Gasteiger partial charge in [0.1, 0.15) is 6.04 Å². The smallest absolute Gasteiger partial charge is 0.160 e. The molecule has 0 radical (unpaired) electrons. The summed E-state index contributed by atoms with van der Waals surface area (Å²) in [6.45, 7) is 6.67.